The van der Waals surface area contributed by atoms with Crippen LogP contribution >= 0.6 is 12.4 Å². The average Bonchev–Trinajstić information content (AvgIpc) is 2.47. The van der Waals surface area contributed by atoms with Crippen molar-refractivity contribution >= 4 is 24.0 Å². The van der Waals surface area contributed by atoms with E-state index in [9.17, 15) is 22.4 Å². The first-order valence-electron chi connectivity index (χ1n) is 7.23. The van der Waals surface area contributed by atoms with Crippen LogP contribution in [0.25, 0.3) is 0 Å². The number of nitrogens with one attached hydrogen (secondary N) is 2. The number of carbonyl (C=O) groups is 1. The number of benzene rings is 1. The van der Waals surface area contributed by atoms with Crippen LogP contribution in [0.15, 0.2) is 18.2 Å². The summed E-state index contributed by atoms with van der Waals surface area (Å²) in [6.07, 6.45) is -1.77. The third kappa shape index (κ3) is 5.99. The molecule has 130 valence electrons. The number of rotatable bonds is 4. The molecule has 1 saturated heterocycles. The van der Waals surface area contributed by atoms with E-state index in [1.165, 1.54) is 0 Å². The zero-order chi connectivity index (χ0) is 16.2. The maximum Gasteiger partial charge on any atom is 0.416 e. The molecule has 0 spiro atoms. The third-order valence-electron chi connectivity index (χ3n) is 3.81. The summed E-state index contributed by atoms with van der Waals surface area (Å²) in [5.74, 6) is -0.904. The molecule has 3 nitrogen and oxygen atoms in total. The minimum Gasteiger partial charge on any atom is -0.324 e. The van der Waals surface area contributed by atoms with Gasteiger partial charge in [-0.3, -0.25) is 4.79 Å². The predicted octanol–water partition coefficient (Wildman–Crippen LogP) is 3.98. The summed E-state index contributed by atoms with van der Waals surface area (Å²) in [6.45, 7) is 1.82. The third-order valence-corrected chi connectivity index (χ3v) is 3.81. The molecule has 0 radical (unpaired) electrons. The Morgan fingerprint density at radius 1 is 1.26 bits per heavy atom. The van der Waals surface area contributed by atoms with Gasteiger partial charge in [0.05, 0.1) is 11.3 Å². The van der Waals surface area contributed by atoms with Crippen molar-refractivity contribution in [3.05, 3.63) is 29.6 Å². The fourth-order valence-electron chi connectivity index (χ4n) is 2.52. The monoisotopic (exact) mass is 354 g/mol. The topological polar surface area (TPSA) is 41.1 Å². The van der Waals surface area contributed by atoms with Gasteiger partial charge in [0.2, 0.25) is 5.91 Å². The summed E-state index contributed by atoms with van der Waals surface area (Å²) in [5, 5.41) is 5.45. The number of anilines is 1. The molecule has 0 aromatic heterocycles. The molecule has 2 N–H and O–H groups in total. The van der Waals surface area contributed by atoms with Crippen molar-refractivity contribution in [3.8, 4) is 0 Å². The lowest BCUT2D eigenvalue weighted by Crippen LogP contribution is -2.28. The number of piperidine rings is 1. The van der Waals surface area contributed by atoms with E-state index in [1.807, 2.05) is 0 Å². The Morgan fingerprint density at radius 2 is 1.91 bits per heavy atom. The minimum absolute atomic E-state index is 0. The van der Waals surface area contributed by atoms with E-state index in [0.29, 0.717) is 30.5 Å². The smallest absolute Gasteiger partial charge is 0.324 e. The van der Waals surface area contributed by atoms with Gasteiger partial charge in [0.25, 0.3) is 0 Å². The first-order chi connectivity index (χ1) is 10.4. The second kappa shape index (κ2) is 8.49. The van der Waals surface area contributed by atoms with E-state index < -0.39 is 29.2 Å². The van der Waals surface area contributed by atoms with Crippen molar-refractivity contribution in [1.29, 1.82) is 0 Å². The number of hydrogen-bond acceptors (Lipinski definition) is 2. The quantitative estimate of drug-likeness (QED) is 0.803. The van der Waals surface area contributed by atoms with E-state index in [2.05, 4.69) is 10.6 Å². The Kier molecular flexibility index (Phi) is 7.28. The molecule has 0 atom stereocenters. The minimum atomic E-state index is -4.57. The van der Waals surface area contributed by atoms with Crippen LogP contribution < -0.4 is 10.6 Å². The van der Waals surface area contributed by atoms with E-state index in [-0.39, 0.29) is 18.8 Å². The Hall–Kier alpha value is -1.34. The van der Waals surface area contributed by atoms with Gasteiger partial charge in [0.1, 0.15) is 5.82 Å². The molecule has 1 aliphatic heterocycles. The molecule has 1 heterocycles. The maximum absolute atomic E-state index is 13.5. The summed E-state index contributed by atoms with van der Waals surface area (Å²) in [7, 11) is 0. The van der Waals surface area contributed by atoms with Crippen molar-refractivity contribution in [3.63, 3.8) is 0 Å². The van der Waals surface area contributed by atoms with Crippen LogP contribution in [-0.2, 0) is 11.0 Å². The highest BCUT2D eigenvalue weighted by Gasteiger charge is 2.31. The molecule has 0 saturated carbocycles. The zero-order valence-corrected chi connectivity index (χ0v) is 13.2. The Balaban J connectivity index is 0.00000264. The molecule has 8 heteroatoms. The summed E-state index contributed by atoms with van der Waals surface area (Å²) in [4.78, 5) is 11.8. The Labute approximate surface area is 138 Å². The van der Waals surface area contributed by atoms with Crippen molar-refractivity contribution < 1.29 is 22.4 Å². The molecule has 23 heavy (non-hydrogen) atoms. The molecular formula is C15H19ClF4N2O. The molecule has 1 aliphatic rings. The van der Waals surface area contributed by atoms with Gasteiger partial charge in [0.15, 0.2) is 0 Å². The van der Waals surface area contributed by atoms with E-state index >= 15 is 0 Å². The summed E-state index contributed by atoms with van der Waals surface area (Å²) in [5.41, 5.74) is -1.41. The maximum atomic E-state index is 13.5. The van der Waals surface area contributed by atoms with Gasteiger partial charge in [0, 0.05) is 6.42 Å². The van der Waals surface area contributed by atoms with Crippen LogP contribution in [0.4, 0.5) is 23.2 Å². The lowest BCUT2D eigenvalue weighted by molar-refractivity contribution is -0.137. The van der Waals surface area contributed by atoms with Gasteiger partial charge in [-0.15, -0.1) is 12.4 Å². The van der Waals surface area contributed by atoms with Crippen LogP contribution in [0.3, 0.4) is 0 Å². The van der Waals surface area contributed by atoms with Gasteiger partial charge in [-0.25, -0.2) is 4.39 Å². The van der Waals surface area contributed by atoms with Crippen molar-refractivity contribution in [2.75, 3.05) is 18.4 Å². The lowest BCUT2D eigenvalue weighted by Gasteiger charge is -2.22. The number of alkyl halides is 3. The van der Waals surface area contributed by atoms with Gasteiger partial charge >= 0.3 is 6.18 Å². The van der Waals surface area contributed by atoms with Gasteiger partial charge in [-0.1, -0.05) is 0 Å². The second-order valence-corrected chi connectivity index (χ2v) is 5.47. The molecule has 1 aromatic carbocycles. The van der Waals surface area contributed by atoms with Gasteiger partial charge in [-0.05, 0) is 56.5 Å². The fraction of sp³-hybridized carbons (Fsp3) is 0.533. The van der Waals surface area contributed by atoms with Crippen LogP contribution in [0.5, 0.6) is 0 Å². The van der Waals surface area contributed by atoms with Crippen molar-refractivity contribution in [1.82, 2.24) is 5.32 Å². The van der Waals surface area contributed by atoms with Crippen molar-refractivity contribution in [2.24, 2.45) is 5.92 Å². The molecular weight excluding hydrogens is 336 g/mol. The molecule has 1 aromatic rings. The zero-order valence-electron chi connectivity index (χ0n) is 12.4. The number of amides is 1. The average molecular weight is 355 g/mol. The summed E-state index contributed by atoms with van der Waals surface area (Å²) in [6, 6.07) is 1.99. The summed E-state index contributed by atoms with van der Waals surface area (Å²) < 4.78 is 51.3. The molecule has 0 unspecified atom stereocenters. The second-order valence-electron chi connectivity index (χ2n) is 5.47. The van der Waals surface area contributed by atoms with Crippen LogP contribution in [-0.4, -0.2) is 19.0 Å². The predicted molar refractivity (Wildman–Crippen MR) is 82.1 cm³/mol. The molecule has 0 aliphatic carbocycles. The Bertz CT molecular complexity index is 531. The van der Waals surface area contributed by atoms with E-state index in [1.54, 1.807) is 0 Å². The molecule has 1 amide bonds. The highest BCUT2D eigenvalue weighted by molar-refractivity contribution is 5.90. The first-order valence-corrected chi connectivity index (χ1v) is 7.23. The molecule has 2 rings (SSSR count). The van der Waals surface area contributed by atoms with Crippen LogP contribution in [0.1, 0.15) is 31.2 Å². The number of halogens is 5. The molecule has 1 fully saturated rings. The number of hydrogen-bond donors (Lipinski definition) is 2. The van der Waals surface area contributed by atoms with Gasteiger partial charge < -0.3 is 10.6 Å². The van der Waals surface area contributed by atoms with E-state index in [4.69, 9.17) is 0 Å². The fourth-order valence-corrected chi connectivity index (χ4v) is 2.52. The normalized spacial score (nSPS) is 15.8. The van der Waals surface area contributed by atoms with Gasteiger partial charge in [-0.2, -0.15) is 13.2 Å². The first kappa shape index (κ1) is 19.7. The SMILES string of the molecule is Cl.O=C(CCC1CCNCC1)Nc1cc(C(F)(F)F)ccc1F. The van der Waals surface area contributed by atoms with E-state index in [0.717, 1.165) is 25.9 Å². The lowest BCUT2D eigenvalue weighted by atomic mass is 9.93. The molecule has 0 bridgehead atoms. The Morgan fingerprint density at radius 3 is 2.52 bits per heavy atom. The van der Waals surface area contributed by atoms with Crippen LogP contribution in [0, 0.1) is 11.7 Å². The number of carbonyl (C=O) groups excluding carboxylic acids is 1. The standard InChI is InChI=1S/C15H18F4N2O.ClH/c16-12-3-2-11(15(17,18)19)9-13(12)21-14(22)4-1-10-5-7-20-8-6-10;/h2-3,9-10,20H,1,4-8H2,(H,21,22);1H. The summed E-state index contributed by atoms with van der Waals surface area (Å²) >= 11 is 0. The largest absolute Gasteiger partial charge is 0.416 e. The van der Waals surface area contributed by atoms with Crippen molar-refractivity contribution in [2.45, 2.75) is 31.9 Å². The highest BCUT2D eigenvalue weighted by atomic mass is 35.5. The highest BCUT2D eigenvalue weighted by Crippen LogP contribution is 2.32. The van der Waals surface area contributed by atoms with Crippen LogP contribution in [0.2, 0.25) is 0 Å².